The van der Waals surface area contributed by atoms with Gasteiger partial charge in [-0.05, 0) is 61.1 Å². The monoisotopic (exact) mass is 521 g/mol. The Morgan fingerprint density at radius 2 is 1.89 bits per heavy atom. The minimum Gasteiger partial charge on any atom is -0.480 e. The number of aromatic nitrogens is 7. The van der Waals surface area contributed by atoms with Crippen LogP contribution in [0.1, 0.15) is 41.3 Å². The number of aryl methyl sites for hydroxylation is 1. The maximum absolute atomic E-state index is 13.0. The second-order valence-electron chi connectivity index (χ2n) is 9.25. The van der Waals surface area contributed by atoms with E-state index in [0.29, 0.717) is 40.2 Å². The summed E-state index contributed by atoms with van der Waals surface area (Å²) in [5.41, 5.74) is 3.00. The van der Waals surface area contributed by atoms with Gasteiger partial charge in [-0.3, -0.25) is 4.57 Å². The molecule has 0 unspecified atom stereocenters. The predicted octanol–water partition coefficient (Wildman–Crippen LogP) is 4.63. The average Bonchev–Trinajstić information content (AvgIpc) is 3.60. The highest BCUT2D eigenvalue weighted by Gasteiger charge is 2.34. The molecule has 1 aliphatic carbocycles. The number of pyridine rings is 1. The van der Waals surface area contributed by atoms with Crippen LogP contribution in [-0.2, 0) is 12.7 Å². The standard InChI is InChI=1S/C26H22F3N7O2/c1-14-11-20(26(27,28)29)34-36(14)17-7-3-15(4-8-17)13-35-23-19(32-25(35)37)12-31-22(33-23)21-18(16-5-6-16)9-10-30-24(21)38-2/h3-4,7-12,16H,5-6,13H2,1-2H3,(H,32,37). The number of aromatic amines is 1. The normalized spacial score (nSPS) is 13.8. The molecule has 0 atom stereocenters. The molecule has 38 heavy (non-hydrogen) atoms. The van der Waals surface area contributed by atoms with Crippen molar-refractivity contribution in [3.05, 3.63) is 81.8 Å². The van der Waals surface area contributed by atoms with Gasteiger partial charge in [-0.1, -0.05) is 12.1 Å². The van der Waals surface area contributed by atoms with Crippen LogP contribution in [0.15, 0.2) is 53.6 Å². The number of imidazole rings is 1. The summed E-state index contributed by atoms with van der Waals surface area (Å²) in [6.07, 6.45) is 0.900. The predicted molar refractivity (Wildman–Crippen MR) is 132 cm³/mol. The lowest BCUT2D eigenvalue weighted by Gasteiger charge is -2.12. The summed E-state index contributed by atoms with van der Waals surface area (Å²) in [6, 6.07) is 9.77. The van der Waals surface area contributed by atoms with Crippen molar-refractivity contribution in [2.75, 3.05) is 7.11 Å². The van der Waals surface area contributed by atoms with Crippen molar-refractivity contribution < 1.29 is 17.9 Å². The molecule has 194 valence electrons. The van der Waals surface area contributed by atoms with E-state index in [4.69, 9.17) is 9.72 Å². The lowest BCUT2D eigenvalue weighted by atomic mass is 10.0. The maximum Gasteiger partial charge on any atom is 0.435 e. The molecule has 9 nitrogen and oxygen atoms in total. The van der Waals surface area contributed by atoms with Crippen LogP contribution in [0, 0.1) is 6.92 Å². The molecular weight excluding hydrogens is 499 g/mol. The summed E-state index contributed by atoms with van der Waals surface area (Å²) >= 11 is 0. The number of hydrogen-bond donors (Lipinski definition) is 1. The maximum atomic E-state index is 13.0. The number of halogens is 3. The fourth-order valence-corrected chi connectivity index (χ4v) is 4.58. The fraction of sp³-hybridized carbons (Fsp3) is 0.269. The van der Waals surface area contributed by atoms with Crippen molar-refractivity contribution in [2.45, 2.75) is 38.4 Å². The number of rotatable bonds is 6. The van der Waals surface area contributed by atoms with Crippen LogP contribution in [0.4, 0.5) is 13.2 Å². The molecule has 1 saturated carbocycles. The van der Waals surface area contributed by atoms with E-state index in [2.05, 4.69) is 20.1 Å². The molecule has 0 amide bonds. The van der Waals surface area contributed by atoms with Gasteiger partial charge in [0, 0.05) is 11.9 Å². The van der Waals surface area contributed by atoms with Gasteiger partial charge in [0.2, 0.25) is 5.88 Å². The Morgan fingerprint density at radius 3 is 2.55 bits per heavy atom. The van der Waals surface area contributed by atoms with Gasteiger partial charge in [0.1, 0.15) is 5.52 Å². The zero-order valence-corrected chi connectivity index (χ0v) is 20.5. The van der Waals surface area contributed by atoms with Gasteiger partial charge in [-0.15, -0.1) is 0 Å². The molecule has 1 fully saturated rings. The smallest absolute Gasteiger partial charge is 0.435 e. The number of alkyl halides is 3. The molecule has 12 heteroatoms. The number of H-pyrrole nitrogens is 1. The Kier molecular flexibility index (Phi) is 5.55. The zero-order valence-electron chi connectivity index (χ0n) is 20.5. The van der Waals surface area contributed by atoms with Crippen LogP contribution >= 0.6 is 0 Å². The summed E-state index contributed by atoms with van der Waals surface area (Å²) < 4.78 is 47.4. The Balaban J connectivity index is 1.35. The molecule has 1 aliphatic rings. The van der Waals surface area contributed by atoms with Crippen LogP contribution in [0.5, 0.6) is 5.88 Å². The molecule has 0 radical (unpaired) electrons. The summed E-state index contributed by atoms with van der Waals surface area (Å²) in [5.74, 6) is 1.25. The van der Waals surface area contributed by atoms with E-state index in [-0.39, 0.29) is 12.2 Å². The third kappa shape index (κ3) is 4.21. The van der Waals surface area contributed by atoms with Crippen molar-refractivity contribution in [3.8, 4) is 23.0 Å². The van der Waals surface area contributed by atoms with E-state index in [9.17, 15) is 18.0 Å². The topological polar surface area (TPSA) is 104 Å². The second-order valence-corrected chi connectivity index (χ2v) is 9.25. The molecule has 0 spiro atoms. The number of hydrogen-bond acceptors (Lipinski definition) is 6. The first-order chi connectivity index (χ1) is 18.2. The quantitative estimate of drug-likeness (QED) is 0.350. The van der Waals surface area contributed by atoms with Gasteiger partial charge in [0.25, 0.3) is 0 Å². The van der Waals surface area contributed by atoms with Gasteiger partial charge in [0.15, 0.2) is 17.2 Å². The first-order valence-electron chi connectivity index (χ1n) is 11.9. The molecule has 0 bridgehead atoms. The Hall–Kier alpha value is -4.48. The van der Waals surface area contributed by atoms with Crippen LogP contribution in [0.2, 0.25) is 0 Å². The van der Waals surface area contributed by atoms with Gasteiger partial charge in [-0.2, -0.15) is 18.3 Å². The number of benzene rings is 1. The van der Waals surface area contributed by atoms with Crippen molar-refractivity contribution in [1.82, 2.24) is 34.3 Å². The largest absolute Gasteiger partial charge is 0.480 e. The molecule has 5 aromatic rings. The minimum absolute atomic E-state index is 0.196. The lowest BCUT2D eigenvalue weighted by Crippen LogP contribution is -2.18. The first kappa shape index (κ1) is 23.9. The van der Waals surface area contributed by atoms with E-state index >= 15 is 0 Å². The van der Waals surface area contributed by atoms with Crippen molar-refractivity contribution in [1.29, 1.82) is 0 Å². The zero-order chi connectivity index (χ0) is 26.6. The van der Waals surface area contributed by atoms with Gasteiger partial charge in [0.05, 0.1) is 31.1 Å². The summed E-state index contributed by atoms with van der Waals surface area (Å²) in [5, 5.41) is 3.69. The summed E-state index contributed by atoms with van der Waals surface area (Å²) in [4.78, 5) is 29.1. The van der Waals surface area contributed by atoms with Crippen molar-refractivity contribution in [2.24, 2.45) is 0 Å². The Morgan fingerprint density at radius 1 is 1.13 bits per heavy atom. The number of ether oxygens (including phenoxy) is 1. The summed E-state index contributed by atoms with van der Waals surface area (Å²) in [7, 11) is 1.55. The minimum atomic E-state index is -4.52. The fourth-order valence-electron chi connectivity index (χ4n) is 4.58. The molecule has 4 heterocycles. The average molecular weight is 522 g/mol. The van der Waals surface area contributed by atoms with Gasteiger partial charge >= 0.3 is 11.9 Å². The highest BCUT2D eigenvalue weighted by molar-refractivity contribution is 5.75. The molecule has 4 aromatic heterocycles. The highest BCUT2D eigenvalue weighted by Crippen LogP contribution is 2.46. The van der Waals surface area contributed by atoms with Crippen LogP contribution in [0.25, 0.3) is 28.2 Å². The van der Waals surface area contributed by atoms with Crippen molar-refractivity contribution >= 4 is 11.2 Å². The SMILES string of the molecule is COc1nccc(C2CC2)c1-c1ncc2[nH]c(=O)n(Cc3ccc(-n4nc(C(F)(F)F)cc4C)cc3)c2n1. The molecule has 6 rings (SSSR count). The number of nitrogens with zero attached hydrogens (tertiary/aromatic N) is 6. The van der Waals surface area contributed by atoms with Gasteiger partial charge < -0.3 is 9.72 Å². The molecule has 0 saturated heterocycles. The summed E-state index contributed by atoms with van der Waals surface area (Å²) in [6.45, 7) is 1.76. The van der Waals surface area contributed by atoms with E-state index in [1.807, 2.05) is 6.07 Å². The third-order valence-electron chi connectivity index (χ3n) is 6.59. The van der Waals surface area contributed by atoms with E-state index in [1.54, 1.807) is 50.7 Å². The van der Waals surface area contributed by atoms with Crippen molar-refractivity contribution in [3.63, 3.8) is 0 Å². The Labute approximate surface area is 214 Å². The van der Waals surface area contributed by atoms with Crippen LogP contribution in [-0.4, -0.2) is 41.4 Å². The van der Waals surface area contributed by atoms with E-state index in [0.717, 1.165) is 35.6 Å². The lowest BCUT2D eigenvalue weighted by molar-refractivity contribution is -0.141. The molecule has 1 N–H and O–H groups in total. The second kappa shape index (κ2) is 8.82. The first-order valence-corrected chi connectivity index (χ1v) is 11.9. The molecule has 1 aromatic carbocycles. The number of methoxy groups -OCH3 is 1. The molecule has 0 aliphatic heterocycles. The van der Waals surface area contributed by atoms with Crippen LogP contribution < -0.4 is 10.4 Å². The van der Waals surface area contributed by atoms with E-state index < -0.39 is 11.9 Å². The number of nitrogens with one attached hydrogen (secondary N) is 1. The van der Waals surface area contributed by atoms with Crippen LogP contribution in [0.3, 0.4) is 0 Å². The Bertz CT molecular complexity index is 1710. The van der Waals surface area contributed by atoms with Gasteiger partial charge in [-0.25, -0.2) is 24.4 Å². The number of fused-ring (bicyclic) bond motifs is 1. The van der Waals surface area contributed by atoms with E-state index in [1.165, 1.54) is 9.25 Å². The third-order valence-corrected chi connectivity index (χ3v) is 6.59. The highest BCUT2D eigenvalue weighted by atomic mass is 19.4. The molecular formula is C26H22F3N7O2.